The van der Waals surface area contributed by atoms with Gasteiger partial charge >= 0.3 is 0 Å². The molecule has 3 aromatic heterocycles. The number of aromatic nitrogens is 3. The van der Waals surface area contributed by atoms with Gasteiger partial charge in [-0.1, -0.05) is 68.3 Å². The highest BCUT2D eigenvalue weighted by Crippen LogP contribution is 2.30. The highest BCUT2D eigenvalue weighted by Gasteiger charge is 2.25. The first kappa shape index (κ1) is 25.0. The van der Waals surface area contributed by atoms with Crippen LogP contribution in [0.15, 0.2) is 41.2 Å². The van der Waals surface area contributed by atoms with Gasteiger partial charge in [-0.15, -0.1) is 0 Å². The van der Waals surface area contributed by atoms with Crippen LogP contribution in [0.5, 0.6) is 0 Å². The lowest BCUT2D eigenvalue weighted by molar-refractivity contribution is 0.0938. The Morgan fingerprint density at radius 1 is 1.31 bits per heavy atom. The Labute approximate surface area is 210 Å². The van der Waals surface area contributed by atoms with Crippen LogP contribution in [-0.2, 0) is 19.4 Å². The van der Waals surface area contributed by atoms with Crippen LogP contribution in [0.3, 0.4) is 0 Å². The first-order valence-electron chi connectivity index (χ1n) is 12.6. The minimum absolute atomic E-state index is 0.0430. The van der Waals surface area contributed by atoms with Crippen molar-refractivity contribution in [2.45, 2.75) is 72.4 Å². The third-order valence-corrected chi connectivity index (χ3v) is 7.45. The first-order chi connectivity index (χ1) is 17.1. The molecule has 0 spiro atoms. The number of thiazole rings is 1. The second kappa shape index (κ2) is 11.5. The van der Waals surface area contributed by atoms with Crippen LogP contribution in [0.2, 0.25) is 0 Å². The van der Waals surface area contributed by atoms with Gasteiger partial charge in [-0.2, -0.15) is 0 Å². The number of para-hydroxylation sites is 1. The molecule has 1 amide bonds. The Balaban J connectivity index is 0.00000141. The van der Waals surface area contributed by atoms with E-state index in [9.17, 15) is 4.79 Å². The zero-order chi connectivity index (χ0) is 24.8. The lowest BCUT2D eigenvalue weighted by atomic mass is 10.0. The third-order valence-electron chi connectivity index (χ3n) is 6.39. The molecule has 0 saturated heterocycles. The molecule has 4 heterocycles. The monoisotopic (exact) mass is 493 g/mol. The van der Waals surface area contributed by atoms with Crippen LogP contribution in [0.25, 0.3) is 10.9 Å². The molecular formula is C27H35N5O2S. The number of nitrogens with zero attached hydrogens (tertiary/aromatic N) is 3. The van der Waals surface area contributed by atoms with Crippen LogP contribution in [0.1, 0.15) is 72.3 Å². The van der Waals surface area contributed by atoms with Gasteiger partial charge in [0, 0.05) is 41.7 Å². The molecule has 5 rings (SSSR count). The number of hydrogen-bond donors (Lipinski definition) is 2. The summed E-state index contributed by atoms with van der Waals surface area (Å²) in [7, 11) is 0. The molecular weight excluding hydrogens is 458 g/mol. The number of unbranched alkanes of at least 4 members (excludes halogenated alkanes) is 1. The predicted octanol–water partition coefficient (Wildman–Crippen LogP) is 6.04. The first-order valence-corrected chi connectivity index (χ1v) is 13.4. The second-order valence-corrected chi connectivity index (χ2v) is 9.73. The molecule has 1 atom stereocenters. The zero-order valence-electron chi connectivity index (χ0n) is 21.1. The molecule has 4 aromatic rings. The molecule has 1 aromatic carbocycles. The van der Waals surface area contributed by atoms with Crippen LogP contribution < -0.4 is 10.2 Å². The highest BCUT2D eigenvalue weighted by molar-refractivity contribution is 7.17. The third kappa shape index (κ3) is 5.59. The molecule has 0 fully saturated rings. The Bertz CT molecular complexity index is 1260. The average Bonchev–Trinajstić information content (AvgIpc) is 3.63. The molecule has 0 bridgehead atoms. The van der Waals surface area contributed by atoms with Crippen LogP contribution in [-0.4, -0.2) is 33.6 Å². The van der Waals surface area contributed by atoms with Crippen LogP contribution in [0, 0.1) is 6.92 Å². The van der Waals surface area contributed by atoms with E-state index >= 15 is 0 Å². The Morgan fingerprint density at radius 3 is 2.97 bits per heavy atom. The van der Waals surface area contributed by atoms with Crippen molar-refractivity contribution in [3.63, 3.8) is 0 Å². The normalized spacial score (nSPS) is 13.8. The van der Waals surface area contributed by atoms with Crippen molar-refractivity contribution in [3.05, 3.63) is 64.1 Å². The van der Waals surface area contributed by atoms with Crippen molar-refractivity contribution in [1.82, 2.24) is 20.4 Å². The largest absolute Gasteiger partial charge is 0.361 e. The second-order valence-electron chi connectivity index (χ2n) is 8.72. The van der Waals surface area contributed by atoms with Crippen molar-refractivity contribution >= 4 is 33.3 Å². The predicted molar refractivity (Wildman–Crippen MR) is 142 cm³/mol. The summed E-state index contributed by atoms with van der Waals surface area (Å²) in [4.78, 5) is 23.9. The minimum atomic E-state index is -0.0430. The fourth-order valence-corrected chi connectivity index (χ4v) is 5.36. The number of H-pyrrole nitrogens is 1. The molecule has 0 radical (unpaired) electrons. The van der Waals surface area contributed by atoms with Crippen molar-refractivity contribution in [1.29, 1.82) is 0 Å². The number of anilines is 1. The maximum absolute atomic E-state index is 13.1. The van der Waals surface area contributed by atoms with E-state index < -0.39 is 0 Å². The lowest BCUT2D eigenvalue weighted by Gasteiger charge is -2.25. The van der Waals surface area contributed by atoms with Gasteiger partial charge in [-0.3, -0.25) is 4.79 Å². The molecule has 1 unspecified atom stereocenters. The number of hydrogen-bond acceptors (Lipinski definition) is 6. The van der Waals surface area contributed by atoms with Gasteiger partial charge in [-0.25, -0.2) is 4.98 Å². The molecule has 0 aliphatic carbocycles. The summed E-state index contributed by atoms with van der Waals surface area (Å²) in [5, 5.41) is 9.46. The standard InChI is InChI=1S/C25H29N5O2S.C2H6/c1-3-4-7-18(12-17-13-26-21-9-6-5-8-19(17)21)28-24(31)23-14-27-25(33-23)30-11-10-22-20(15-30)16(2)29-32-22;1-2/h5-6,8-9,13-14,18,26H,3-4,7,10-12,15H2,1-2H3,(H,28,31);1-2H3. The van der Waals surface area contributed by atoms with E-state index in [-0.39, 0.29) is 11.9 Å². The lowest BCUT2D eigenvalue weighted by Crippen LogP contribution is -2.36. The van der Waals surface area contributed by atoms with E-state index in [2.05, 4.69) is 56.7 Å². The molecule has 1 aliphatic heterocycles. The fraction of sp³-hybridized carbons (Fsp3) is 0.444. The number of aromatic amines is 1. The van der Waals surface area contributed by atoms with Crippen molar-refractivity contribution < 1.29 is 9.32 Å². The molecule has 7 nitrogen and oxygen atoms in total. The summed E-state index contributed by atoms with van der Waals surface area (Å²) in [6.45, 7) is 9.69. The van der Waals surface area contributed by atoms with Gasteiger partial charge in [-0.05, 0) is 31.4 Å². The van der Waals surface area contributed by atoms with Gasteiger partial charge in [0.1, 0.15) is 10.6 Å². The fourth-order valence-electron chi connectivity index (χ4n) is 4.52. The number of nitrogens with one attached hydrogen (secondary N) is 2. The van der Waals surface area contributed by atoms with Gasteiger partial charge < -0.3 is 19.7 Å². The van der Waals surface area contributed by atoms with Crippen molar-refractivity contribution in [2.75, 3.05) is 11.4 Å². The molecule has 2 N–H and O–H groups in total. The van der Waals surface area contributed by atoms with E-state index in [0.717, 1.165) is 72.9 Å². The highest BCUT2D eigenvalue weighted by atomic mass is 32.1. The maximum Gasteiger partial charge on any atom is 0.263 e. The summed E-state index contributed by atoms with van der Waals surface area (Å²) >= 11 is 1.45. The summed E-state index contributed by atoms with van der Waals surface area (Å²) in [5.74, 6) is 0.924. The summed E-state index contributed by atoms with van der Waals surface area (Å²) in [6.07, 6.45) is 8.52. The number of rotatable bonds is 8. The number of amides is 1. The van der Waals surface area contributed by atoms with Crippen LogP contribution in [0.4, 0.5) is 5.13 Å². The summed E-state index contributed by atoms with van der Waals surface area (Å²) in [6, 6.07) is 8.40. The Kier molecular flexibility index (Phi) is 8.23. The summed E-state index contributed by atoms with van der Waals surface area (Å²) in [5.41, 5.74) is 4.44. The van der Waals surface area contributed by atoms with Gasteiger partial charge in [0.2, 0.25) is 0 Å². The smallest absolute Gasteiger partial charge is 0.263 e. The molecule has 186 valence electrons. The number of benzene rings is 1. The summed E-state index contributed by atoms with van der Waals surface area (Å²) < 4.78 is 5.40. The van der Waals surface area contributed by atoms with Gasteiger partial charge in [0.25, 0.3) is 5.91 Å². The number of fused-ring (bicyclic) bond motifs is 2. The molecule has 8 heteroatoms. The van der Waals surface area contributed by atoms with E-state index in [0.29, 0.717) is 4.88 Å². The number of carbonyl (C=O) groups is 1. The quantitative estimate of drug-likeness (QED) is 0.312. The van der Waals surface area contributed by atoms with E-state index in [1.54, 1.807) is 6.20 Å². The number of carbonyl (C=O) groups excluding carboxylic acids is 1. The van der Waals surface area contributed by atoms with Crippen LogP contribution >= 0.6 is 11.3 Å². The van der Waals surface area contributed by atoms with E-state index in [1.165, 1.54) is 22.3 Å². The SMILES string of the molecule is CC.CCCCC(Cc1c[nH]c2ccccc12)NC(=O)c1cnc(N2CCc3onc(C)c3C2)s1. The minimum Gasteiger partial charge on any atom is -0.361 e. The zero-order valence-corrected chi connectivity index (χ0v) is 21.9. The molecule has 0 saturated carbocycles. The van der Waals surface area contributed by atoms with E-state index in [1.807, 2.05) is 26.8 Å². The van der Waals surface area contributed by atoms with Gasteiger partial charge in [0.15, 0.2) is 5.13 Å². The average molecular weight is 494 g/mol. The van der Waals surface area contributed by atoms with Crippen molar-refractivity contribution in [3.8, 4) is 0 Å². The number of aryl methyl sites for hydroxylation is 1. The Hall–Kier alpha value is -3.13. The Morgan fingerprint density at radius 2 is 2.14 bits per heavy atom. The topological polar surface area (TPSA) is 87.0 Å². The van der Waals surface area contributed by atoms with Gasteiger partial charge in [0.05, 0.1) is 18.4 Å². The molecule has 35 heavy (non-hydrogen) atoms. The molecule has 1 aliphatic rings. The van der Waals surface area contributed by atoms with Crippen molar-refractivity contribution in [2.24, 2.45) is 0 Å². The van der Waals surface area contributed by atoms with E-state index in [4.69, 9.17) is 4.52 Å². The maximum atomic E-state index is 13.1.